The highest BCUT2D eigenvalue weighted by molar-refractivity contribution is 5.92. The van der Waals surface area contributed by atoms with Crippen LogP contribution in [-0.4, -0.2) is 70.8 Å². The van der Waals surface area contributed by atoms with Crippen molar-refractivity contribution in [3.63, 3.8) is 0 Å². The summed E-state index contributed by atoms with van der Waals surface area (Å²) >= 11 is 0. The molecule has 11 nitrogen and oxygen atoms in total. The zero-order chi connectivity index (χ0) is 20.4. The lowest BCUT2D eigenvalue weighted by Gasteiger charge is -2.17. The van der Waals surface area contributed by atoms with Crippen LogP contribution in [0.5, 0.6) is 5.75 Å². The predicted octanol–water partition coefficient (Wildman–Crippen LogP) is -2.94. The first-order valence-corrected chi connectivity index (χ1v) is 7.94. The van der Waals surface area contributed by atoms with Crippen molar-refractivity contribution in [3.8, 4) is 5.75 Å². The molecule has 0 aromatic heterocycles. The van der Waals surface area contributed by atoms with Gasteiger partial charge in [-0.2, -0.15) is 0 Å². The molecule has 0 saturated heterocycles. The van der Waals surface area contributed by atoms with Gasteiger partial charge in [0.25, 0.3) is 0 Å². The van der Waals surface area contributed by atoms with Crippen LogP contribution in [0.3, 0.4) is 0 Å². The van der Waals surface area contributed by atoms with Crippen LogP contribution in [0.2, 0.25) is 0 Å². The number of aromatic hydroxyl groups is 1. The topological polar surface area (TPSA) is 191 Å². The molecule has 0 bridgehead atoms. The van der Waals surface area contributed by atoms with E-state index in [1.807, 2.05) is 0 Å². The average Bonchev–Trinajstić information content (AvgIpc) is 2.64. The van der Waals surface area contributed by atoms with Gasteiger partial charge < -0.3 is 37.0 Å². The molecule has 8 N–H and O–H groups in total. The van der Waals surface area contributed by atoms with Gasteiger partial charge in [0, 0.05) is 6.42 Å². The number of carboxylic acids is 1. The van der Waals surface area contributed by atoms with Crippen molar-refractivity contribution in [3.05, 3.63) is 29.8 Å². The smallest absolute Gasteiger partial charge is 0.326 e. The highest BCUT2D eigenvalue weighted by Gasteiger charge is 2.23. The number of aliphatic hydroxyl groups is 1. The Balaban J connectivity index is 2.56. The molecule has 148 valence electrons. The Morgan fingerprint density at radius 3 is 2.11 bits per heavy atom. The molecule has 0 heterocycles. The summed E-state index contributed by atoms with van der Waals surface area (Å²) < 4.78 is 0. The van der Waals surface area contributed by atoms with Crippen molar-refractivity contribution in [1.82, 2.24) is 16.0 Å². The molecule has 1 aromatic rings. The van der Waals surface area contributed by atoms with Gasteiger partial charge in [-0.05, 0) is 17.7 Å². The van der Waals surface area contributed by atoms with Gasteiger partial charge >= 0.3 is 5.97 Å². The number of rotatable bonds is 10. The first kappa shape index (κ1) is 21.9. The Morgan fingerprint density at radius 1 is 1.00 bits per heavy atom. The molecule has 0 saturated carbocycles. The molecule has 0 aliphatic heterocycles. The van der Waals surface area contributed by atoms with E-state index in [9.17, 15) is 29.4 Å². The van der Waals surface area contributed by atoms with Crippen molar-refractivity contribution in [2.75, 3.05) is 19.7 Å². The monoisotopic (exact) mass is 382 g/mol. The third-order valence-corrected chi connectivity index (χ3v) is 3.45. The summed E-state index contributed by atoms with van der Waals surface area (Å²) in [5.41, 5.74) is 5.67. The van der Waals surface area contributed by atoms with Gasteiger partial charge in [-0.3, -0.25) is 14.4 Å². The van der Waals surface area contributed by atoms with E-state index in [0.717, 1.165) is 0 Å². The summed E-state index contributed by atoms with van der Waals surface area (Å²) in [5, 5.41) is 34.2. The lowest BCUT2D eigenvalue weighted by atomic mass is 10.1. The maximum absolute atomic E-state index is 11.9. The number of phenolic OH excluding ortho intramolecular Hbond substituents is 1. The SMILES string of the molecule is NCC(=O)N[C@@H](CO)C(=O)NCC(=O)N[C@H](Cc1ccc(O)cc1)C(=O)O. The molecule has 1 rings (SSSR count). The first-order valence-electron chi connectivity index (χ1n) is 7.94. The number of hydrogen-bond acceptors (Lipinski definition) is 7. The molecule has 0 aliphatic rings. The standard InChI is InChI=1S/C16H22N4O7/c17-6-13(23)20-12(8-21)15(25)18-7-14(24)19-11(16(26)27)5-9-1-3-10(22)4-2-9/h1-4,11-12,21-22H,5-8,17H2,(H,18,25)(H,19,24)(H,20,23)(H,26,27)/t11-,12+/m1/s1. The third-order valence-electron chi connectivity index (χ3n) is 3.45. The summed E-state index contributed by atoms with van der Waals surface area (Å²) in [6.07, 6.45) is -0.0267. The Bertz CT molecular complexity index is 678. The van der Waals surface area contributed by atoms with Crippen molar-refractivity contribution >= 4 is 23.7 Å². The summed E-state index contributed by atoms with van der Waals surface area (Å²) in [6.45, 7) is -1.62. The van der Waals surface area contributed by atoms with Gasteiger partial charge in [0.15, 0.2) is 0 Å². The van der Waals surface area contributed by atoms with Gasteiger partial charge in [0.05, 0.1) is 19.7 Å². The minimum Gasteiger partial charge on any atom is -0.508 e. The van der Waals surface area contributed by atoms with Crippen molar-refractivity contribution in [2.45, 2.75) is 18.5 Å². The second-order valence-electron chi connectivity index (χ2n) is 5.55. The van der Waals surface area contributed by atoms with E-state index in [2.05, 4.69) is 16.0 Å². The molecule has 0 radical (unpaired) electrons. The van der Waals surface area contributed by atoms with Gasteiger partial charge in [-0.25, -0.2) is 4.79 Å². The Labute approximate surface area is 154 Å². The van der Waals surface area contributed by atoms with E-state index >= 15 is 0 Å². The Kier molecular flexibility index (Phi) is 8.69. The second-order valence-corrected chi connectivity index (χ2v) is 5.55. The summed E-state index contributed by atoms with van der Waals surface area (Å²) in [5.74, 6) is -3.49. The van der Waals surface area contributed by atoms with Gasteiger partial charge in [-0.1, -0.05) is 12.1 Å². The third kappa shape index (κ3) is 7.71. The summed E-state index contributed by atoms with van der Waals surface area (Å²) in [7, 11) is 0. The molecule has 27 heavy (non-hydrogen) atoms. The number of hydrogen-bond donors (Lipinski definition) is 7. The molecular formula is C16H22N4O7. The van der Waals surface area contributed by atoms with E-state index in [1.54, 1.807) is 0 Å². The predicted molar refractivity (Wildman–Crippen MR) is 92.5 cm³/mol. The molecule has 1 aromatic carbocycles. The fourth-order valence-corrected chi connectivity index (χ4v) is 2.05. The largest absolute Gasteiger partial charge is 0.508 e. The first-order chi connectivity index (χ1) is 12.8. The van der Waals surface area contributed by atoms with Crippen LogP contribution >= 0.6 is 0 Å². The highest BCUT2D eigenvalue weighted by atomic mass is 16.4. The summed E-state index contributed by atoms with van der Waals surface area (Å²) in [4.78, 5) is 46.2. The number of nitrogens with one attached hydrogen (secondary N) is 3. The minimum atomic E-state index is -1.28. The molecule has 0 unspecified atom stereocenters. The number of nitrogens with two attached hydrogens (primary N) is 1. The van der Waals surface area contributed by atoms with Crippen LogP contribution in [0.25, 0.3) is 0 Å². The molecule has 0 aliphatic carbocycles. The van der Waals surface area contributed by atoms with Crippen molar-refractivity contribution in [2.24, 2.45) is 5.73 Å². The number of carbonyl (C=O) groups excluding carboxylic acids is 3. The van der Waals surface area contributed by atoms with Crippen molar-refractivity contribution < 1.29 is 34.5 Å². The minimum absolute atomic E-state index is 0.0255. The van der Waals surface area contributed by atoms with Gasteiger partial charge in [0.1, 0.15) is 17.8 Å². The maximum Gasteiger partial charge on any atom is 0.326 e. The fourth-order valence-electron chi connectivity index (χ4n) is 2.05. The van der Waals surface area contributed by atoms with Crippen LogP contribution in [0.15, 0.2) is 24.3 Å². The molecular weight excluding hydrogens is 360 g/mol. The molecule has 11 heteroatoms. The van der Waals surface area contributed by atoms with Crippen LogP contribution in [0, 0.1) is 0 Å². The lowest BCUT2D eigenvalue weighted by Crippen LogP contribution is -2.53. The molecule has 3 amide bonds. The van der Waals surface area contributed by atoms with E-state index in [1.165, 1.54) is 24.3 Å². The number of aliphatic carboxylic acids is 1. The molecule has 2 atom stereocenters. The number of carboxylic acid groups (broad SMARTS) is 1. The van der Waals surface area contributed by atoms with Crippen LogP contribution in [0.1, 0.15) is 5.56 Å². The number of benzene rings is 1. The molecule has 0 fully saturated rings. The van der Waals surface area contributed by atoms with E-state index < -0.39 is 48.9 Å². The Morgan fingerprint density at radius 2 is 1.59 bits per heavy atom. The number of amides is 3. The van der Waals surface area contributed by atoms with Crippen LogP contribution in [-0.2, 0) is 25.6 Å². The average molecular weight is 382 g/mol. The van der Waals surface area contributed by atoms with Crippen LogP contribution in [0.4, 0.5) is 0 Å². The van der Waals surface area contributed by atoms with Gasteiger partial charge in [-0.15, -0.1) is 0 Å². The second kappa shape index (κ2) is 10.7. The molecule has 0 spiro atoms. The fraction of sp³-hybridized carbons (Fsp3) is 0.375. The zero-order valence-corrected chi connectivity index (χ0v) is 14.3. The van der Waals surface area contributed by atoms with E-state index in [-0.39, 0.29) is 18.7 Å². The number of phenols is 1. The van der Waals surface area contributed by atoms with Crippen molar-refractivity contribution in [1.29, 1.82) is 0 Å². The lowest BCUT2D eigenvalue weighted by molar-refractivity contribution is -0.141. The van der Waals surface area contributed by atoms with E-state index in [0.29, 0.717) is 5.56 Å². The van der Waals surface area contributed by atoms with Crippen LogP contribution < -0.4 is 21.7 Å². The summed E-state index contributed by atoms with van der Waals surface area (Å²) in [6, 6.07) is 3.30. The maximum atomic E-state index is 11.9. The highest BCUT2D eigenvalue weighted by Crippen LogP contribution is 2.11. The Hall–Kier alpha value is -3.18. The number of carbonyl (C=O) groups is 4. The number of aliphatic hydroxyl groups excluding tert-OH is 1. The quantitative estimate of drug-likeness (QED) is 0.223. The zero-order valence-electron chi connectivity index (χ0n) is 14.3. The normalized spacial score (nSPS) is 12.5. The van der Waals surface area contributed by atoms with E-state index in [4.69, 9.17) is 10.8 Å². The van der Waals surface area contributed by atoms with Gasteiger partial charge in [0.2, 0.25) is 17.7 Å².